The Kier molecular flexibility index (Phi) is 12.7. The van der Waals surface area contributed by atoms with Gasteiger partial charge in [-0.1, -0.05) is 81.4 Å². The Labute approximate surface area is 266 Å². The zero-order chi connectivity index (χ0) is 31.1. The van der Waals surface area contributed by atoms with Gasteiger partial charge in [-0.05, 0) is 42.0 Å². The summed E-state index contributed by atoms with van der Waals surface area (Å²) < 4.78 is 53.8. The molecule has 0 atom stereocenters. The lowest BCUT2D eigenvalue weighted by molar-refractivity contribution is -0.137. The molecular formula is C28H28Cl3F4N7S. The molecule has 2 aromatic heterocycles. The van der Waals surface area contributed by atoms with Gasteiger partial charge in [0.2, 0.25) is 5.95 Å². The summed E-state index contributed by atoms with van der Waals surface area (Å²) in [5, 5.41) is 12.9. The highest BCUT2D eigenvalue weighted by molar-refractivity contribution is 8.03. The third-order valence-corrected chi connectivity index (χ3v) is 6.31. The van der Waals surface area contributed by atoms with Crippen molar-refractivity contribution in [1.82, 2.24) is 19.2 Å². The van der Waals surface area contributed by atoms with Crippen molar-refractivity contribution < 1.29 is 17.6 Å². The van der Waals surface area contributed by atoms with E-state index < -0.39 is 20.7 Å². The number of alkyl halides is 6. The molecule has 0 saturated heterocycles. The number of hydrogen-bond donors (Lipinski definition) is 3. The second-order valence-electron chi connectivity index (χ2n) is 8.00. The van der Waals surface area contributed by atoms with Gasteiger partial charge in [0.1, 0.15) is 11.6 Å². The Morgan fingerprint density at radius 1 is 1.00 bits per heavy atom. The van der Waals surface area contributed by atoms with E-state index in [2.05, 4.69) is 44.2 Å². The first-order chi connectivity index (χ1) is 19.8. The Hall–Kier alpha value is -3.45. The highest BCUT2D eigenvalue weighted by atomic mass is 35.6. The largest absolute Gasteiger partial charge is 0.416 e. The van der Waals surface area contributed by atoms with E-state index >= 15 is 0 Å². The fourth-order valence-electron chi connectivity index (χ4n) is 3.30. The van der Waals surface area contributed by atoms with Crippen LogP contribution in [-0.4, -0.2) is 22.3 Å². The third kappa shape index (κ3) is 10.3. The lowest BCUT2D eigenvalue weighted by atomic mass is 10.1. The maximum Gasteiger partial charge on any atom is 0.416 e. The SMILES string of the molecule is C.C=CC(=C)Nc1ccc(F)c(Nc2nc(Nc3cnn(SC(Cl)(Cl)Cl)c3)ncc2-c2ccc(C(F)(F)F)cc2)c1.CC. The average molecular weight is 677 g/mol. The van der Waals surface area contributed by atoms with Crippen molar-refractivity contribution in [1.29, 1.82) is 0 Å². The second kappa shape index (κ2) is 15.3. The number of hydrogen-bond acceptors (Lipinski definition) is 7. The summed E-state index contributed by atoms with van der Waals surface area (Å²) in [5.41, 5.74) is 1.34. The van der Waals surface area contributed by atoms with Crippen molar-refractivity contribution in [2.24, 2.45) is 0 Å². The number of nitrogens with zero attached hydrogens (tertiary/aromatic N) is 4. The first-order valence-electron chi connectivity index (χ1n) is 12.1. The van der Waals surface area contributed by atoms with Gasteiger partial charge in [0.25, 0.3) is 3.12 Å². The maximum atomic E-state index is 14.8. The highest BCUT2D eigenvalue weighted by Gasteiger charge is 2.30. The minimum Gasteiger partial charge on any atom is -0.356 e. The standard InChI is InChI=1S/C25H18Cl3F4N7S.C2H6.CH4/c1-3-14(2)35-17-8-9-20(29)21(10-17)37-22-19(15-4-6-16(7-5-15)24(30,31)32)12-33-23(38-22)36-18-11-34-39(13-18)40-25(26,27)28;1-2;/h3-13,35H,1-2H2,(H2,33,36,37,38);1-2H3;1H4. The van der Waals surface area contributed by atoms with Crippen molar-refractivity contribution in [3.05, 3.63) is 97.4 Å². The van der Waals surface area contributed by atoms with E-state index in [1.165, 1.54) is 59.1 Å². The van der Waals surface area contributed by atoms with Crippen molar-refractivity contribution >= 4 is 75.6 Å². The van der Waals surface area contributed by atoms with Gasteiger partial charge in [-0.25, -0.2) is 13.5 Å². The quantitative estimate of drug-likeness (QED) is 0.0925. The molecule has 0 spiro atoms. The van der Waals surface area contributed by atoms with Gasteiger partial charge in [-0.15, -0.1) is 0 Å². The molecule has 15 heteroatoms. The molecule has 0 unspecified atom stereocenters. The first kappa shape index (κ1) is 35.7. The molecule has 0 bridgehead atoms. The van der Waals surface area contributed by atoms with E-state index in [0.29, 0.717) is 28.2 Å². The van der Waals surface area contributed by atoms with Gasteiger partial charge in [0.15, 0.2) is 0 Å². The molecular weight excluding hydrogens is 649 g/mol. The molecule has 43 heavy (non-hydrogen) atoms. The molecule has 0 aliphatic carbocycles. The van der Waals surface area contributed by atoms with Gasteiger partial charge in [0.05, 0.1) is 29.3 Å². The molecule has 4 aromatic rings. The summed E-state index contributed by atoms with van der Waals surface area (Å²) in [7, 11) is 0. The van der Waals surface area contributed by atoms with Crippen LogP contribution in [0.4, 0.5) is 46.4 Å². The summed E-state index contributed by atoms with van der Waals surface area (Å²) in [6.45, 7) is 11.4. The zero-order valence-electron chi connectivity index (χ0n) is 22.1. The lowest BCUT2D eigenvalue weighted by Crippen LogP contribution is -2.06. The summed E-state index contributed by atoms with van der Waals surface area (Å²) in [4.78, 5) is 8.71. The van der Waals surface area contributed by atoms with Gasteiger partial charge in [-0.2, -0.15) is 23.3 Å². The number of nitrogens with one attached hydrogen (secondary N) is 3. The van der Waals surface area contributed by atoms with Gasteiger partial charge in [0, 0.05) is 35.1 Å². The van der Waals surface area contributed by atoms with Gasteiger partial charge < -0.3 is 16.0 Å². The zero-order valence-corrected chi connectivity index (χ0v) is 25.2. The topological polar surface area (TPSA) is 79.7 Å². The van der Waals surface area contributed by atoms with Crippen LogP contribution < -0.4 is 16.0 Å². The molecule has 2 heterocycles. The number of allylic oxidation sites excluding steroid dienone is 1. The van der Waals surface area contributed by atoms with Crippen LogP contribution in [-0.2, 0) is 6.18 Å². The Morgan fingerprint density at radius 3 is 2.28 bits per heavy atom. The van der Waals surface area contributed by atoms with Crippen LogP contribution in [0.3, 0.4) is 0 Å². The minimum absolute atomic E-state index is 0. The first-order valence-corrected chi connectivity index (χ1v) is 14.0. The van der Waals surface area contributed by atoms with Crippen LogP contribution >= 0.6 is 46.8 Å². The molecule has 0 saturated carbocycles. The smallest absolute Gasteiger partial charge is 0.356 e. The molecule has 3 N–H and O–H groups in total. The van der Waals surface area contributed by atoms with Gasteiger partial charge >= 0.3 is 6.18 Å². The molecule has 0 radical (unpaired) electrons. The van der Waals surface area contributed by atoms with E-state index in [9.17, 15) is 17.6 Å². The number of rotatable bonds is 9. The van der Waals surface area contributed by atoms with Crippen molar-refractivity contribution in [3.8, 4) is 11.1 Å². The van der Waals surface area contributed by atoms with Crippen molar-refractivity contribution in [2.45, 2.75) is 30.6 Å². The number of halogens is 7. The van der Waals surface area contributed by atoms with Gasteiger partial charge in [-0.3, -0.25) is 0 Å². The van der Waals surface area contributed by atoms with Crippen molar-refractivity contribution in [2.75, 3.05) is 16.0 Å². The fourth-order valence-corrected chi connectivity index (χ4v) is 4.41. The molecule has 0 aliphatic heterocycles. The molecule has 0 fully saturated rings. The summed E-state index contributed by atoms with van der Waals surface area (Å²) in [6.07, 6.45) is 1.34. The maximum absolute atomic E-state index is 14.8. The van der Waals surface area contributed by atoms with E-state index in [1.54, 1.807) is 0 Å². The van der Waals surface area contributed by atoms with E-state index in [-0.39, 0.29) is 24.9 Å². The molecule has 4 rings (SSSR count). The summed E-state index contributed by atoms with van der Waals surface area (Å²) >= 11 is 18.1. The van der Waals surface area contributed by atoms with E-state index in [1.807, 2.05) is 13.8 Å². The van der Waals surface area contributed by atoms with E-state index in [4.69, 9.17) is 34.8 Å². The van der Waals surface area contributed by atoms with Crippen molar-refractivity contribution in [3.63, 3.8) is 0 Å². The Morgan fingerprint density at radius 2 is 1.67 bits per heavy atom. The van der Waals surface area contributed by atoms with Crippen LogP contribution in [0.15, 0.2) is 86.0 Å². The third-order valence-electron chi connectivity index (χ3n) is 5.10. The minimum atomic E-state index is -4.51. The molecule has 0 aliphatic rings. The predicted molar refractivity (Wildman–Crippen MR) is 172 cm³/mol. The number of anilines is 5. The van der Waals surface area contributed by atoms with Crippen LogP contribution in [0.2, 0.25) is 0 Å². The molecule has 2 aromatic carbocycles. The molecule has 7 nitrogen and oxygen atoms in total. The monoisotopic (exact) mass is 675 g/mol. The van der Waals surface area contributed by atoms with Crippen LogP contribution in [0.1, 0.15) is 26.8 Å². The van der Waals surface area contributed by atoms with Crippen LogP contribution in [0, 0.1) is 5.82 Å². The average Bonchev–Trinajstić information content (AvgIpc) is 3.36. The van der Waals surface area contributed by atoms with Crippen LogP contribution in [0.5, 0.6) is 0 Å². The lowest BCUT2D eigenvalue weighted by Gasteiger charge is -2.15. The second-order valence-corrected chi connectivity index (χ2v) is 12.1. The molecule has 0 amide bonds. The number of aromatic nitrogens is 4. The fraction of sp³-hybridized carbons (Fsp3) is 0.179. The van der Waals surface area contributed by atoms with E-state index in [0.717, 1.165) is 24.1 Å². The Balaban J connectivity index is 0.00000211. The Bertz CT molecular complexity index is 1540. The molecule has 230 valence electrons. The summed E-state index contributed by atoms with van der Waals surface area (Å²) in [6, 6.07) is 8.65. The predicted octanol–water partition coefficient (Wildman–Crippen LogP) is 10.6. The van der Waals surface area contributed by atoms with Crippen LogP contribution in [0.25, 0.3) is 11.1 Å². The number of benzene rings is 2. The highest BCUT2D eigenvalue weighted by Crippen LogP contribution is 2.40. The normalized spacial score (nSPS) is 11.0. The summed E-state index contributed by atoms with van der Waals surface area (Å²) in [5.74, 6) is -0.420.